The molecule has 0 bridgehead atoms. The largest absolute Gasteiger partial charge is 0.426 e. The molecule has 1 fully saturated rings. The molecule has 1 heterocycles. The smallest absolute Gasteiger partial charge is 0.314 e. The van der Waals surface area contributed by atoms with Crippen molar-refractivity contribution in [3.63, 3.8) is 0 Å². The lowest BCUT2D eigenvalue weighted by molar-refractivity contribution is -0.140. The minimum Gasteiger partial charge on any atom is -0.426 e. The first-order valence-corrected chi connectivity index (χ1v) is 13.8. The van der Waals surface area contributed by atoms with Crippen molar-refractivity contribution < 1.29 is 9.53 Å². The molecule has 4 heteroatoms. The Labute approximate surface area is 212 Å². The number of nitriles is 1. The number of benzene rings is 1. The van der Waals surface area contributed by atoms with Gasteiger partial charge < -0.3 is 4.74 Å². The molecule has 0 aliphatic heterocycles. The molecule has 188 valence electrons. The van der Waals surface area contributed by atoms with Gasteiger partial charge in [0.15, 0.2) is 0 Å². The zero-order valence-electron chi connectivity index (χ0n) is 21.7. The molecule has 1 aromatic carbocycles. The number of nitrogens with zero attached hydrogens (tertiary/aromatic N) is 2. The summed E-state index contributed by atoms with van der Waals surface area (Å²) in [6, 6.07) is 14.4. The van der Waals surface area contributed by atoms with E-state index in [1.807, 2.05) is 30.5 Å². The highest BCUT2D eigenvalue weighted by Gasteiger charge is 2.37. The van der Waals surface area contributed by atoms with Crippen molar-refractivity contribution >= 4 is 5.97 Å². The first-order valence-electron chi connectivity index (χ1n) is 13.8. The number of aromatic nitrogens is 1. The van der Waals surface area contributed by atoms with E-state index in [4.69, 9.17) is 4.74 Å². The van der Waals surface area contributed by atoms with Crippen molar-refractivity contribution in [2.24, 2.45) is 11.3 Å². The zero-order valence-corrected chi connectivity index (χ0v) is 21.7. The van der Waals surface area contributed by atoms with E-state index < -0.39 is 0 Å². The van der Waals surface area contributed by atoms with E-state index in [-0.39, 0.29) is 17.3 Å². The Morgan fingerprint density at radius 3 is 2.29 bits per heavy atom. The fourth-order valence-corrected chi connectivity index (χ4v) is 5.11. The van der Waals surface area contributed by atoms with Gasteiger partial charge in [0.25, 0.3) is 0 Å². The summed E-state index contributed by atoms with van der Waals surface area (Å²) < 4.78 is 5.70. The van der Waals surface area contributed by atoms with Crippen LogP contribution < -0.4 is 4.74 Å². The fraction of sp³-hybridized carbons (Fsp3) is 0.581. The predicted octanol–water partition coefficient (Wildman–Crippen LogP) is 8.45. The molecule has 1 aromatic heterocycles. The van der Waals surface area contributed by atoms with E-state index >= 15 is 0 Å². The fourth-order valence-electron chi connectivity index (χ4n) is 5.11. The second-order valence-corrected chi connectivity index (χ2v) is 10.3. The van der Waals surface area contributed by atoms with Crippen LogP contribution in [0, 0.1) is 22.7 Å². The SMILES string of the molecule is CCCCCCCC1(C#N)CCC(C(=O)Oc2ccc(-c3ccc(CCCCC)cn3)cc2)CC1. The second kappa shape index (κ2) is 14.0. The number of hydrogen-bond donors (Lipinski definition) is 0. The van der Waals surface area contributed by atoms with Gasteiger partial charge in [0.05, 0.1) is 23.1 Å². The Balaban J connectivity index is 1.47. The number of esters is 1. The number of pyridine rings is 1. The Bertz CT molecular complexity index is 935. The maximum absolute atomic E-state index is 12.8. The van der Waals surface area contributed by atoms with E-state index in [0.717, 1.165) is 56.2 Å². The number of carbonyl (C=O) groups is 1. The van der Waals surface area contributed by atoms with Crippen LogP contribution in [0.1, 0.15) is 103 Å². The molecular weight excluding hydrogens is 432 g/mol. The normalized spacial score (nSPS) is 19.7. The number of carbonyl (C=O) groups excluding carboxylic acids is 1. The molecule has 3 rings (SSSR count). The maximum atomic E-state index is 12.8. The van der Waals surface area contributed by atoms with Crippen molar-refractivity contribution in [1.82, 2.24) is 4.98 Å². The standard InChI is InChI=1S/C31H42N2O2/c1-3-5-7-8-10-20-31(24-32)21-18-27(19-22-31)30(34)35-28-15-13-26(14-16-28)29-17-12-25(23-33-29)11-9-6-4-2/h12-17,23,27H,3-11,18-22H2,1-2H3. The summed E-state index contributed by atoms with van der Waals surface area (Å²) in [6.07, 6.45) is 16.9. The highest BCUT2D eigenvalue weighted by Crippen LogP contribution is 2.42. The van der Waals surface area contributed by atoms with Crippen LogP contribution in [0.4, 0.5) is 0 Å². The van der Waals surface area contributed by atoms with Crippen LogP contribution >= 0.6 is 0 Å². The minimum atomic E-state index is -0.247. The summed E-state index contributed by atoms with van der Waals surface area (Å²) >= 11 is 0. The summed E-state index contributed by atoms with van der Waals surface area (Å²) in [5.74, 6) is 0.294. The van der Waals surface area contributed by atoms with Crippen LogP contribution in [0.5, 0.6) is 5.75 Å². The molecule has 0 atom stereocenters. The molecule has 2 aromatic rings. The molecule has 1 aliphatic carbocycles. The molecule has 4 nitrogen and oxygen atoms in total. The van der Waals surface area contributed by atoms with E-state index in [9.17, 15) is 10.1 Å². The summed E-state index contributed by atoms with van der Waals surface area (Å²) in [5.41, 5.74) is 2.97. The van der Waals surface area contributed by atoms with Gasteiger partial charge in [-0.3, -0.25) is 9.78 Å². The summed E-state index contributed by atoms with van der Waals surface area (Å²) in [7, 11) is 0. The van der Waals surface area contributed by atoms with Gasteiger partial charge in [0.1, 0.15) is 5.75 Å². The average molecular weight is 475 g/mol. The van der Waals surface area contributed by atoms with Gasteiger partial charge in [0, 0.05) is 11.8 Å². The highest BCUT2D eigenvalue weighted by molar-refractivity contribution is 5.75. The van der Waals surface area contributed by atoms with E-state index in [1.54, 1.807) is 0 Å². The third kappa shape index (κ3) is 8.20. The summed E-state index contributed by atoms with van der Waals surface area (Å²) in [5, 5.41) is 9.82. The predicted molar refractivity (Wildman–Crippen MR) is 142 cm³/mol. The van der Waals surface area contributed by atoms with Gasteiger partial charge in [-0.1, -0.05) is 64.9 Å². The van der Waals surface area contributed by atoms with Crippen LogP contribution in [-0.4, -0.2) is 11.0 Å². The van der Waals surface area contributed by atoms with Gasteiger partial charge in [-0.05, 0) is 80.8 Å². The van der Waals surface area contributed by atoms with Gasteiger partial charge in [-0.25, -0.2) is 0 Å². The Kier molecular flexibility index (Phi) is 10.8. The lowest BCUT2D eigenvalue weighted by Gasteiger charge is -2.34. The van der Waals surface area contributed by atoms with E-state index in [1.165, 1.54) is 50.5 Å². The number of hydrogen-bond acceptors (Lipinski definition) is 4. The molecule has 1 saturated carbocycles. The van der Waals surface area contributed by atoms with Crippen molar-refractivity contribution in [3.8, 4) is 23.1 Å². The second-order valence-electron chi connectivity index (χ2n) is 10.3. The summed E-state index contributed by atoms with van der Waals surface area (Å²) in [6.45, 7) is 4.43. The Morgan fingerprint density at radius 2 is 1.66 bits per heavy atom. The molecule has 0 unspecified atom stereocenters. The summed E-state index contributed by atoms with van der Waals surface area (Å²) in [4.78, 5) is 17.4. The molecule has 0 N–H and O–H groups in total. The van der Waals surface area contributed by atoms with Gasteiger partial charge in [-0.15, -0.1) is 0 Å². The van der Waals surface area contributed by atoms with Crippen LogP contribution in [0.3, 0.4) is 0 Å². The van der Waals surface area contributed by atoms with Crippen molar-refractivity contribution in [1.29, 1.82) is 5.26 Å². The van der Waals surface area contributed by atoms with Crippen LogP contribution in [0.2, 0.25) is 0 Å². The van der Waals surface area contributed by atoms with Crippen LogP contribution in [0.25, 0.3) is 11.3 Å². The quantitative estimate of drug-likeness (QED) is 0.166. The Morgan fingerprint density at radius 1 is 0.971 bits per heavy atom. The molecule has 0 radical (unpaired) electrons. The molecule has 0 spiro atoms. The number of rotatable bonds is 13. The topological polar surface area (TPSA) is 63.0 Å². The monoisotopic (exact) mass is 474 g/mol. The zero-order chi connectivity index (χ0) is 24.9. The molecule has 35 heavy (non-hydrogen) atoms. The first kappa shape index (κ1) is 26.9. The van der Waals surface area contributed by atoms with Crippen molar-refractivity contribution in [3.05, 3.63) is 48.2 Å². The molecule has 0 saturated heterocycles. The molecule has 1 aliphatic rings. The molecular formula is C31H42N2O2. The molecule has 0 amide bonds. The average Bonchev–Trinajstić information content (AvgIpc) is 2.90. The van der Waals surface area contributed by atoms with Crippen LogP contribution in [-0.2, 0) is 11.2 Å². The van der Waals surface area contributed by atoms with Gasteiger partial charge in [0.2, 0.25) is 0 Å². The number of unbranched alkanes of at least 4 members (excludes halogenated alkanes) is 6. The highest BCUT2D eigenvalue weighted by atomic mass is 16.5. The Hall–Kier alpha value is -2.67. The van der Waals surface area contributed by atoms with E-state index in [0.29, 0.717) is 5.75 Å². The third-order valence-electron chi connectivity index (χ3n) is 7.53. The van der Waals surface area contributed by atoms with Gasteiger partial charge >= 0.3 is 5.97 Å². The number of aryl methyl sites for hydroxylation is 1. The van der Waals surface area contributed by atoms with Gasteiger partial charge in [-0.2, -0.15) is 5.26 Å². The van der Waals surface area contributed by atoms with Crippen molar-refractivity contribution in [2.45, 2.75) is 104 Å². The first-order chi connectivity index (χ1) is 17.1. The lowest BCUT2D eigenvalue weighted by atomic mass is 9.69. The lowest BCUT2D eigenvalue weighted by Crippen LogP contribution is -2.31. The maximum Gasteiger partial charge on any atom is 0.314 e. The van der Waals surface area contributed by atoms with E-state index in [2.05, 4.69) is 37.0 Å². The van der Waals surface area contributed by atoms with Crippen molar-refractivity contribution in [2.75, 3.05) is 0 Å². The van der Waals surface area contributed by atoms with Crippen LogP contribution in [0.15, 0.2) is 42.6 Å². The minimum absolute atomic E-state index is 0.113. The third-order valence-corrected chi connectivity index (χ3v) is 7.53. The number of ether oxygens (including phenoxy) is 1.